The number of rotatable bonds is 36. The number of imidazole rings is 2. The molecule has 11 N–H and O–H groups in total. The number of benzene rings is 8. The van der Waals surface area contributed by atoms with E-state index in [1.165, 1.54) is 33.3 Å². The van der Waals surface area contributed by atoms with E-state index >= 15 is 0 Å². The lowest BCUT2D eigenvalue weighted by atomic mass is 9.99. The average molecular weight is 1530 g/mol. The van der Waals surface area contributed by atoms with Crippen LogP contribution in [0.3, 0.4) is 0 Å². The van der Waals surface area contributed by atoms with Crippen LogP contribution in [0.5, 0.6) is 11.5 Å². The lowest BCUT2D eigenvalue weighted by Gasteiger charge is -2.26. The Kier molecular flexibility index (Phi) is 26.0. The van der Waals surface area contributed by atoms with Crippen LogP contribution >= 0.6 is 0 Å². The van der Waals surface area contributed by atoms with E-state index in [4.69, 9.17) is 35.2 Å². The van der Waals surface area contributed by atoms with Gasteiger partial charge in [-0.15, -0.1) is 0 Å². The Morgan fingerprint density at radius 1 is 0.451 bits per heavy atom. The molecule has 2 aromatic heterocycles. The van der Waals surface area contributed by atoms with Crippen LogP contribution in [-0.2, 0) is 41.6 Å². The number of aliphatic imine (C=N–C) groups is 2. The number of hydrogen-bond acceptors (Lipinski definition) is 17. The van der Waals surface area contributed by atoms with E-state index in [1.807, 2.05) is 93.0 Å². The van der Waals surface area contributed by atoms with E-state index in [2.05, 4.69) is 138 Å². The van der Waals surface area contributed by atoms with Gasteiger partial charge >= 0.3 is 0 Å². The lowest BCUT2D eigenvalue weighted by Crippen LogP contribution is -2.57. The van der Waals surface area contributed by atoms with Crippen LogP contribution in [0.1, 0.15) is 83.5 Å². The van der Waals surface area contributed by atoms with Gasteiger partial charge in [-0.2, -0.15) is 0 Å². The molecular weight excluding hydrogens is 1430 g/mol. The summed E-state index contributed by atoms with van der Waals surface area (Å²) in [7, 11) is 8.20. The molecule has 10 aromatic rings. The summed E-state index contributed by atoms with van der Waals surface area (Å²) in [5, 5.41) is 18.7. The Labute approximate surface area is 655 Å². The Morgan fingerprint density at radius 2 is 0.850 bits per heavy atom. The lowest BCUT2D eigenvalue weighted by molar-refractivity contribution is -0.139. The monoisotopic (exact) mass is 1530 g/mol. The fraction of sp³-hybridized carbons (Fsp3) is 0.302. The molecule has 4 heterocycles. The zero-order valence-corrected chi connectivity index (χ0v) is 64.7. The van der Waals surface area contributed by atoms with E-state index in [-0.39, 0.29) is 38.6 Å². The molecule has 27 nitrogen and oxygen atoms in total. The van der Waals surface area contributed by atoms with Crippen molar-refractivity contribution in [3.63, 3.8) is 0 Å². The second-order valence-electron chi connectivity index (χ2n) is 28.9. The van der Waals surface area contributed by atoms with Crippen LogP contribution in [0.2, 0.25) is 0 Å². The molecule has 27 heteroatoms. The van der Waals surface area contributed by atoms with Crippen molar-refractivity contribution in [1.29, 1.82) is 0 Å². The number of nitrogens with zero attached hydrogens (tertiary/aromatic N) is 7. The third-order valence-electron chi connectivity index (χ3n) is 19.5. The molecule has 113 heavy (non-hydrogen) atoms. The van der Waals surface area contributed by atoms with Gasteiger partial charge in [0.2, 0.25) is 35.4 Å². The standard InChI is InChI=1S/C86H95N17O10/c1-51(91-78(105)49-88-35-36-89-84(109)60-17-13-57(14-18-60)79-97-69-33-27-63(45-75(69)99-79)62-20-22-66-48-72(96-74(66)44-62)56-23-29-67(30-24-56)112-41-9-38-101(5)6)81(106)92-52(2)82(107)93-53(3)83(108)94-54(4)86(111)103(50-77(87)104)40-37-90-85(110)59-15-11-55(12-16-59)71-47-65-21-19-61(43-73(65)95-71)64-28-34-70-76(46-64)100-80(98-70)58-25-31-68(32-26-58)113-42-10-39-102(7)8/h11-34,43-46,51-54,88H,9-10,35-42,47-50H2,1-8H3,(H2,87,104)(H,89,109)(H,90,110)(H,91,105)(H,92,106)(H,93,107)(H,94,108)(H,97,99)(H,98,100)/t51-,52-,53-,54-/m1/s1. The van der Waals surface area contributed by atoms with Crippen molar-refractivity contribution in [2.45, 2.75) is 77.5 Å². The van der Waals surface area contributed by atoms with Gasteiger partial charge in [0, 0.05) is 74.4 Å². The second kappa shape index (κ2) is 36.9. The SMILES string of the molecule is C[C@@H](NC(=O)CNCCNC(=O)c1ccc(-c2nc3cc(-c4ccc5c(c4)N=C(c4ccc(OCCCN(C)C)cc4)C5)ccc3[nH]2)cc1)C(=O)N[C@H](C)C(=O)N[C@H](C)C(=O)N[C@H](C)C(=O)N(CCNC(=O)c1ccc(C2=Nc3cc(-c4ccc5[nH]c(-c6ccc(OCCCN(C)C)cc6)nc5c4)ccc3C2)cc1)CC(N)=O. The van der Waals surface area contributed by atoms with Gasteiger partial charge in [0.05, 0.1) is 71.2 Å². The molecule has 0 spiro atoms. The predicted octanol–water partition coefficient (Wildman–Crippen LogP) is 8.20. The largest absolute Gasteiger partial charge is 0.494 e. The average Bonchev–Trinajstić information content (AvgIpc) is 1.63. The molecule has 584 valence electrons. The molecule has 2 aliphatic rings. The van der Waals surface area contributed by atoms with Gasteiger partial charge in [0.1, 0.15) is 47.3 Å². The Morgan fingerprint density at radius 3 is 1.31 bits per heavy atom. The molecule has 8 aromatic carbocycles. The van der Waals surface area contributed by atoms with Crippen molar-refractivity contribution in [2.24, 2.45) is 15.7 Å². The highest BCUT2D eigenvalue weighted by molar-refractivity contribution is 6.08. The molecule has 2 aliphatic heterocycles. The number of aromatic nitrogens is 4. The molecule has 4 atom stereocenters. The number of ether oxygens (including phenoxy) is 2. The minimum absolute atomic E-state index is 0.0613. The zero-order valence-electron chi connectivity index (χ0n) is 64.7. The van der Waals surface area contributed by atoms with E-state index < -0.39 is 72.1 Å². The van der Waals surface area contributed by atoms with Crippen LogP contribution in [0.4, 0.5) is 11.4 Å². The molecule has 8 amide bonds. The molecule has 0 unspecified atom stereocenters. The molecule has 12 rings (SSSR count). The summed E-state index contributed by atoms with van der Waals surface area (Å²) in [6, 6.07) is 50.5. The number of amides is 8. The van der Waals surface area contributed by atoms with Gasteiger partial charge in [-0.1, -0.05) is 60.7 Å². The maximum absolute atomic E-state index is 13.6. The maximum Gasteiger partial charge on any atom is 0.251 e. The number of hydrogen-bond donors (Lipinski definition) is 10. The van der Waals surface area contributed by atoms with Crippen molar-refractivity contribution in [3.8, 4) is 56.5 Å². The summed E-state index contributed by atoms with van der Waals surface area (Å²) < 4.78 is 11.8. The van der Waals surface area contributed by atoms with Crippen molar-refractivity contribution >= 4 is 92.1 Å². The molecule has 0 saturated carbocycles. The predicted molar refractivity (Wildman–Crippen MR) is 438 cm³/mol. The quantitative estimate of drug-likeness (QED) is 0.0165. The minimum Gasteiger partial charge on any atom is -0.494 e. The van der Waals surface area contributed by atoms with Crippen LogP contribution in [0, 0.1) is 0 Å². The topological polar surface area (TPSA) is 357 Å². The number of fused-ring (bicyclic) bond motifs is 4. The van der Waals surface area contributed by atoms with Gasteiger partial charge in [-0.3, -0.25) is 48.3 Å². The van der Waals surface area contributed by atoms with Crippen molar-refractivity contribution in [2.75, 3.05) is 93.8 Å². The smallest absolute Gasteiger partial charge is 0.251 e. The number of nitrogens with two attached hydrogens (primary N) is 1. The summed E-state index contributed by atoms with van der Waals surface area (Å²) in [5.74, 6) is -1.81. The van der Waals surface area contributed by atoms with Crippen molar-refractivity contribution < 1.29 is 47.8 Å². The molecule has 0 aliphatic carbocycles. The number of nitrogens with one attached hydrogen (secondary N) is 9. The Bertz CT molecular complexity index is 5210. The summed E-state index contributed by atoms with van der Waals surface area (Å²) in [6.45, 7) is 8.43. The van der Waals surface area contributed by atoms with Crippen LogP contribution < -0.4 is 52.4 Å². The van der Waals surface area contributed by atoms with Gasteiger partial charge in [-0.25, -0.2) is 9.97 Å². The third-order valence-corrected chi connectivity index (χ3v) is 19.5. The molecule has 0 radical (unpaired) electrons. The third kappa shape index (κ3) is 21.0. The van der Waals surface area contributed by atoms with Gasteiger partial charge in [0.25, 0.3) is 11.8 Å². The van der Waals surface area contributed by atoms with Crippen LogP contribution in [0.15, 0.2) is 180 Å². The highest BCUT2D eigenvalue weighted by Crippen LogP contribution is 2.37. The molecule has 0 fully saturated rings. The summed E-state index contributed by atoms with van der Waals surface area (Å²) in [4.78, 5) is 137. The summed E-state index contributed by atoms with van der Waals surface area (Å²) in [6.07, 6.45) is 3.26. The normalized spacial score (nSPS) is 13.3. The first kappa shape index (κ1) is 79.8. The molecule has 0 saturated heterocycles. The fourth-order valence-electron chi connectivity index (χ4n) is 13.2. The number of carbonyl (C=O) groups is 8. The van der Waals surface area contributed by atoms with Gasteiger partial charge in [-0.05, 0) is 222 Å². The zero-order chi connectivity index (χ0) is 79.8. The number of primary amides is 1. The summed E-state index contributed by atoms with van der Waals surface area (Å²) in [5.41, 5.74) is 23.4. The van der Waals surface area contributed by atoms with E-state index in [0.29, 0.717) is 36.6 Å². The first-order valence-electron chi connectivity index (χ1n) is 37.9. The van der Waals surface area contributed by atoms with Gasteiger partial charge < -0.3 is 77.1 Å². The number of carbonyl (C=O) groups excluding carboxylic acids is 8. The van der Waals surface area contributed by atoms with Gasteiger partial charge in [0.15, 0.2) is 0 Å². The fourth-order valence-corrected chi connectivity index (χ4v) is 13.2. The van der Waals surface area contributed by atoms with E-state index in [1.54, 1.807) is 24.3 Å². The van der Waals surface area contributed by atoms with E-state index in [0.717, 1.165) is 150 Å². The van der Waals surface area contributed by atoms with Crippen molar-refractivity contribution in [3.05, 3.63) is 203 Å². The molecule has 0 bridgehead atoms. The first-order chi connectivity index (χ1) is 54.4. The highest BCUT2D eigenvalue weighted by Gasteiger charge is 2.29. The van der Waals surface area contributed by atoms with Crippen LogP contribution in [-0.4, -0.2) is 211 Å². The minimum atomic E-state index is -1.19. The number of H-pyrrole nitrogens is 2. The van der Waals surface area contributed by atoms with E-state index in [9.17, 15) is 38.4 Å². The maximum atomic E-state index is 13.6. The number of aromatic amines is 2. The Balaban J connectivity index is 0.523. The Hall–Kier alpha value is -12.7. The second-order valence-corrected chi connectivity index (χ2v) is 28.9. The highest BCUT2D eigenvalue weighted by atomic mass is 16.5. The summed E-state index contributed by atoms with van der Waals surface area (Å²) >= 11 is 0. The van der Waals surface area contributed by atoms with Crippen LogP contribution in [0.25, 0.3) is 67.1 Å². The first-order valence-corrected chi connectivity index (χ1v) is 37.9. The molecular formula is C86H95N17O10. The van der Waals surface area contributed by atoms with Crippen molar-refractivity contribution in [1.82, 2.24) is 71.9 Å².